The summed E-state index contributed by atoms with van der Waals surface area (Å²) in [5, 5.41) is 6.61. The maximum absolute atomic E-state index is 12.2. The van der Waals surface area contributed by atoms with Crippen molar-refractivity contribution >= 4 is 17.5 Å². The van der Waals surface area contributed by atoms with E-state index in [1.165, 1.54) is 25.5 Å². The lowest BCUT2D eigenvalue weighted by Crippen LogP contribution is -2.44. The van der Waals surface area contributed by atoms with Crippen LogP contribution in [0, 0.1) is 0 Å². The molecule has 1 aliphatic rings. The molecule has 2 aromatic rings. The van der Waals surface area contributed by atoms with E-state index in [1.807, 2.05) is 0 Å². The number of aryl methyl sites for hydroxylation is 1. The lowest BCUT2D eigenvalue weighted by molar-refractivity contribution is 0.101. The summed E-state index contributed by atoms with van der Waals surface area (Å²) >= 11 is 0. The highest BCUT2D eigenvalue weighted by atomic mass is 16.2. The first kappa shape index (κ1) is 16.1. The quantitative estimate of drug-likeness (QED) is 0.816. The van der Waals surface area contributed by atoms with E-state index in [1.54, 1.807) is 6.07 Å². The topological polar surface area (TPSA) is 96.2 Å². The Morgan fingerprint density at radius 2 is 1.88 bits per heavy atom. The molecule has 0 radical (unpaired) electrons. The van der Waals surface area contributed by atoms with Crippen molar-refractivity contribution in [2.75, 3.05) is 43.4 Å². The Morgan fingerprint density at radius 1 is 1.12 bits per heavy atom. The molecule has 0 atom stereocenters. The Hall–Kier alpha value is -2.81. The van der Waals surface area contributed by atoms with Crippen molar-refractivity contribution in [1.29, 1.82) is 0 Å². The Kier molecular flexibility index (Phi) is 4.52. The number of anilines is 2. The number of carbonyl (C=O) groups is 1. The number of aromatic nitrogens is 4. The van der Waals surface area contributed by atoms with Crippen LogP contribution in [0.5, 0.6) is 0 Å². The molecule has 1 amide bonds. The third kappa shape index (κ3) is 3.57. The van der Waals surface area contributed by atoms with Crippen LogP contribution in [0.15, 0.2) is 29.3 Å². The second-order valence-electron chi connectivity index (χ2n) is 5.69. The van der Waals surface area contributed by atoms with Gasteiger partial charge in [0.1, 0.15) is 23.7 Å². The van der Waals surface area contributed by atoms with Gasteiger partial charge in [0.2, 0.25) is 0 Å². The fourth-order valence-corrected chi connectivity index (χ4v) is 2.43. The van der Waals surface area contributed by atoms with Gasteiger partial charge in [-0.3, -0.25) is 9.59 Å². The first-order valence-electron chi connectivity index (χ1n) is 7.64. The van der Waals surface area contributed by atoms with Gasteiger partial charge in [0.05, 0.1) is 0 Å². The number of amides is 1. The number of piperazine rings is 1. The second kappa shape index (κ2) is 6.75. The van der Waals surface area contributed by atoms with Crippen molar-refractivity contribution < 1.29 is 4.79 Å². The van der Waals surface area contributed by atoms with E-state index in [9.17, 15) is 9.59 Å². The van der Waals surface area contributed by atoms with Crippen molar-refractivity contribution in [3.63, 3.8) is 0 Å². The summed E-state index contributed by atoms with van der Waals surface area (Å²) in [6, 6.07) is 4.43. The van der Waals surface area contributed by atoms with Crippen molar-refractivity contribution in [3.8, 4) is 0 Å². The van der Waals surface area contributed by atoms with E-state index >= 15 is 0 Å². The molecule has 126 valence electrons. The zero-order valence-electron chi connectivity index (χ0n) is 13.6. The van der Waals surface area contributed by atoms with Crippen molar-refractivity contribution in [1.82, 2.24) is 24.6 Å². The number of hydrogen-bond acceptors (Lipinski definition) is 7. The first-order valence-corrected chi connectivity index (χ1v) is 7.64. The lowest BCUT2D eigenvalue weighted by Gasteiger charge is -2.33. The number of nitrogens with zero attached hydrogens (tertiary/aromatic N) is 6. The third-order valence-electron chi connectivity index (χ3n) is 3.91. The Bertz CT molecular complexity index is 796. The normalized spacial score (nSPS) is 15.3. The number of hydrogen-bond donors (Lipinski definition) is 1. The molecule has 0 aliphatic carbocycles. The van der Waals surface area contributed by atoms with Gasteiger partial charge in [-0.05, 0) is 13.1 Å². The van der Waals surface area contributed by atoms with Crippen LogP contribution in [0.3, 0.4) is 0 Å². The van der Waals surface area contributed by atoms with Gasteiger partial charge in [-0.25, -0.2) is 14.6 Å². The molecule has 1 aliphatic heterocycles. The Balaban J connectivity index is 1.73. The average molecular weight is 329 g/mol. The second-order valence-corrected chi connectivity index (χ2v) is 5.69. The fraction of sp³-hybridized carbons (Fsp3) is 0.400. The molecule has 1 N–H and O–H groups in total. The summed E-state index contributed by atoms with van der Waals surface area (Å²) in [6.07, 6.45) is 1.43. The first-order chi connectivity index (χ1) is 11.5. The minimum Gasteiger partial charge on any atom is -0.354 e. The highest BCUT2D eigenvalue weighted by Gasteiger charge is 2.16. The summed E-state index contributed by atoms with van der Waals surface area (Å²) in [5.41, 5.74) is -0.122. The molecule has 1 fully saturated rings. The summed E-state index contributed by atoms with van der Waals surface area (Å²) in [4.78, 5) is 36.3. The standard InChI is InChI=1S/C15H19N7O2/c1-20-5-7-22(8-6-20)13-9-12(16-10-17-13)18-15(24)11-3-4-14(23)21(2)19-11/h3-4,9-10H,5-8H2,1-2H3,(H,16,17,18,24). The molecule has 0 saturated carbocycles. The van der Waals surface area contributed by atoms with E-state index < -0.39 is 5.91 Å². The molecule has 0 aromatic carbocycles. The van der Waals surface area contributed by atoms with Gasteiger partial charge in [-0.1, -0.05) is 0 Å². The van der Waals surface area contributed by atoms with Crippen molar-refractivity contribution in [2.24, 2.45) is 7.05 Å². The summed E-state index contributed by atoms with van der Waals surface area (Å²) in [6.45, 7) is 3.69. The molecule has 3 rings (SSSR count). The maximum atomic E-state index is 12.2. The predicted molar refractivity (Wildman–Crippen MR) is 89.2 cm³/mol. The van der Waals surface area contributed by atoms with Gasteiger partial charge in [0, 0.05) is 45.4 Å². The minimum atomic E-state index is -0.423. The van der Waals surface area contributed by atoms with Crippen molar-refractivity contribution in [2.45, 2.75) is 0 Å². The van der Waals surface area contributed by atoms with Gasteiger partial charge in [0.25, 0.3) is 11.5 Å². The number of likely N-dealkylation sites (N-methyl/N-ethyl adjacent to an activating group) is 1. The largest absolute Gasteiger partial charge is 0.354 e. The van der Waals surface area contributed by atoms with Crippen LogP contribution in [0.1, 0.15) is 10.5 Å². The maximum Gasteiger partial charge on any atom is 0.277 e. The van der Waals surface area contributed by atoms with Crippen LogP contribution in [0.4, 0.5) is 11.6 Å². The van der Waals surface area contributed by atoms with E-state index in [0.717, 1.165) is 36.7 Å². The van der Waals surface area contributed by atoms with Gasteiger partial charge in [-0.2, -0.15) is 5.10 Å². The van der Waals surface area contributed by atoms with Crippen LogP contribution >= 0.6 is 0 Å². The van der Waals surface area contributed by atoms with E-state index in [0.29, 0.717) is 5.82 Å². The van der Waals surface area contributed by atoms with E-state index in [2.05, 4.69) is 37.2 Å². The van der Waals surface area contributed by atoms with Crippen LogP contribution < -0.4 is 15.8 Å². The molecule has 0 spiro atoms. The molecular formula is C15H19N7O2. The Labute approximate surface area is 138 Å². The molecular weight excluding hydrogens is 310 g/mol. The molecule has 3 heterocycles. The average Bonchev–Trinajstić information content (AvgIpc) is 2.58. The van der Waals surface area contributed by atoms with Gasteiger partial charge < -0.3 is 15.1 Å². The molecule has 0 unspecified atom stereocenters. The van der Waals surface area contributed by atoms with Crippen molar-refractivity contribution in [3.05, 3.63) is 40.6 Å². The highest BCUT2D eigenvalue weighted by molar-refractivity contribution is 6.02. The molecule has 9 heteroatoms. The molecule has 24 heavy (non-hydrogen) atoms. The summed E-state index contributed by atoms with van der Waals surface area (Å²) in [7, 11) is 3.58. The SMILES string of the molecule is CN1CCN(c2cc(NC(=O)c3ccc(=O)n(C)n3)ncn2)CC1. The molecule has 1 saturated heterocycles. The predicted octanol–water partition coefficient (Wildman–Crippen LogP) is -0.426. The number of nitrogens with one attached hydrogen (secondary N) is 1. The van der Waals surface area contributed by atoms with Crippen LogP contribution in [0.2, 0.25) is 0 Å². The lowest BCUT2D eigenvalue weighted by atomic mass is 10.3. The molecule has 9 nitrogen and oxygen atoms in total. The van der Waals surface area contributed by atoms with Crippen LogP contribution in [0.25, 0.3) is 0 Å². The van der Waals surface area contributed by atoms with Gasteiger partial charge in [-0.15, -0.1) is 0 Å². The summed E-state index contributed by atoms with van der Waals surface area (Å²) < 4.78 is 1.12. The third-order valence-corrected chi connectivity index (χ3v) is 3.91. The number of rotatable bonds is 3. The number of carbonyl (C=O) groups excluding carboxylic acids is 1. The van der Waals surface area contributed by atoms with Crippen LogP contribution in [-0.2, 0) is 7.05 Å². The zero-order chi connectivity index (χ0) is 17.1. The van der Waals surface area contributed by atoms with E-state index in [-0.39, 0.29) is 11.3 Å². The van der Waals surface area contributed by atoms with Gasteiger partial charge in [0.15, 0.2) is 0 Å². The molecule has 0 bridgehead atoms. The highest BCUT2D eigenvalue weighted by Crippen LogP contribution is 2.16. The smallest absolute Gasteiger partial charge is 0.277 e. The molecule has 2 aromatic heterocycles. The fourth-order valence-electron chi connectivity index (χ4n) is 2.43. The van der Waals surface area contributed by atoms with E-state index in [4.69, 9.17) is 0 Å². The monoisotopic (exact) mass is 329 g/mol. The minimum absolute atomic E-state index is 0.150. The van der Waals surface area contributed by atoms with Crippen LogP contribution in [-0.4, -0.2) is 63.8 Å². The zero-order valence-corrected chi connectivity index (χ0v) is 13.6. The van der Waals surface area contributed by atoms with Gasteiger partial charge >= 0.3 is 0 Å². The Morgan fingerprint density at radius 3 is 2.58 bits per heavy atom. The summed E-state index contributed by atoms with van der Waals surface area (Å²) in [5.74, 6) is 0.759.